The van der Waals surface area contributed by atoms with Crippen molar-refractivity contribution >= 4 is 11.8 Å². The van der Waals surface area contributed by atoms with E-state index in [1.54, 1.807) is 22.9 Å². The van der Waals surface area contributed by atoms with Gasteiger partial charge in [-0.05, 0) is 41.3 Å². The standard InChI is InChI=1S/C26H25FN2O2/c1-28-14-15-29(26(31)21-11-7-12-23(27)17-21)18-22(25(28)30)16-20-10-5-6-13-24(20)19-8-3-2-4-9-19/h2-13,17,22H,14-16,18H2,1H3/t22-/m0/s1. The molecule has 0 saturated carbocycles. The molecule has 0 spiro atoms. The number of carbonyl (C=O) groups is 2. The van der Waals surface area contributed by atoms with Crippen LogP contribution in [-0.4, -0.2) is 48.3 Å². The number of hydrogen-bond acceptors (Lipinski definition) is 2. The average molecular weight is 416 g/mol. The molecule has 0 radical (unpaired) electrons. The molecule has 31 heavy (non-hydrogen) atoms. The lowest BCUT2D eigenvalue weighted by atomic mass is 9.91. The molecular weight excluding hydrogens is 391 g/mol. The van der Waals surface area contributed by atoms with Crippen molar-refractivity contribution in [2.45, 2.75) is 6.42 Å². The Balaban J connectivity index is 1.61. The molecular formula is C26H25FN2O2. The molecule has 158 valence electrons. The predicted molar refractivity (Wildman–Crippen MR) is 119 cm³/mol. The summed E-state index contributed by atoms with van der Waals surface area (Å²) in [7, 11) is 1.77. The quantitative estimate of drug-likeness (QED) is 0.638. The maximum atomic E-state index is 13.6. The largest absolute Gasteiger partial charge is 0.344 e. The number of halogens is 1. The van der Waals surface area contributed by atoms with E-state index in [2.05, 4.69) is 18.2 Å². The van der Waals surface area contributed by atoms with Gasteiger partial charge in [-0.15, -0.1) is 0 Å². The van der Waals surface area contributed by atoms with Crippen molar-refractivity contribution in [2.75, 3.05) is 26.7 Å². The van der Waals surface area contributed by atoms with Gasteiger partial charge in [-0.2, -0.15) is 0 Å². The number of amides is 2. The fourth-order valence-corrected chi connectivity index (χ4v) is 4.13. The van der Waals surface area contributed by atoms with Crippen molar-refractivity contribution < 1.29 is 14.0 Å². The first-order valence-corrected chi connectivity index (χ1v) is 10.5. The first-order chi connectivity index (χ1) is 15.0. The molecule has 1 saturated heterocycles. The molecule has 4 nitrogen and oxygen atoms in total. The molecule has 0 aliphatic carbocycles. The van der Waals surface area contributed by atoms with Crippen molar-refractivity contribution in [1.82, 2.24) is 9.80 Å². The summed E-state index contributed by atoms with van der Waals surface area (Å²) in [4.78, 5) is 29.5. The number of benzene rings is 3. The molecule has 3 aromatic rings. The molecule has 1 fully saturated rings. The highest BCUT2D eigenvalue weighted by Crippen LogP contribution is 2.27. The van der Waals surface area contributed by atoms with Crippen molar-refractivity contribution in [3.05, 3.63) is 95.8 Å². The molecule has 0 N–H and O–H groups in total. The number of hydrogen-bond donors (Lipinski definition) is 0. The van der Waals surface area contributed by atoms with Gasteiger partial charge in [0.05, 0.1) is 5.92 Å². The minimum Gasteiger partial charge on any atom is -0.344 e. The van der Waals surface area contributed by atoms with Gasteiger partial charge in [0.15, 0.2) is 0 Å². The molecule has 0 bridgehead atoms. The second kappa shape index (κ2) is 9.13. The number of likely N-dealkylation sites (N-methyl/N-ethyl adjacent to an activating group) is 1. The van der Waals surface area contributed by atoms with Crippen LogP contribution < -0.4 is 0 Å². The third-order valence-electron chi connectivity index (χ3n) is 5.80. The summed E-state index contributed by atoms with van der Waals surface area (Å²) in [5, 5.41) is 0. The smallest absolute Gasteiger partial charge is 0.254 e. The summed E-state index contributed by atoms with van der Waals surface area (Å²) in [5.41, 5.74) is 3.56. The Morgan fingerprint density at radius 2 is 1.71 bits per heavy atom. The molecule has 1 heterocycles. The lowest BCUT2D eigenvalue weighted by Crippen LogP contribution is -2.37. The van der Waals surface area contributed by atoms with Gasteiger partial charge in [0, 0.05) is 32.2 Å². The van der Waals surface area contributed by atoms with Crippen LogP contribution in [0.3, 0.4) is 0 Å². The lowest BCUT2D eigenvalue weighted by Gasteiger charge is -2.24. The number of carbonyl (C=O) groups excluding carboxylic acids is 2. The summed E-state index contributed by atoms with van der Waals surface area (Å²) in [5.74, 6) is -1.03. The normalized spacial score (nSPS) is 16.8. The van der Waals surface area contributed by atoms with E-state index in [1.807, 2.05) is 36.4 Å². The van der Waals surface area contributed by atoms with Gasteiger partial charge in [-0.25, -0.2) is 4.39 Å². The molecule has 3 aromatic carbocycles. The maximum absolute atomic E-state index is 13.6. The van der Waals surface area contributed by atoms with Crippen LogP contribution >= 0.6 is 0 Å². The fraction of sp³-hybridized carbons (Fsp3) is 0.231. The van der Waals surface area contributed by atoms with Gasteiger partial charge in [0.1, 0.15) is 5.82 Å². The van der Waals surface area contributed by atoms with E-state index in [1.165, 1.54) is 18.2 Å². The molecule has 2 amide bonds. The van der Waals surface area contributed by atoms with E-state index >= 15 is 0 Å². The van der Waals surface area contributed by atoms with Gasteiger partial charge in [0.2, 0.25) is 5.91 Å². The Morgan fingerprint density at radius 1 is 0.968 bits per heavy atom. The minimum atomic E-state index is -0.442. The van der Waals surface area contributed by atoms with Gasteiger partial charge in [-0.3, -0.25) is 9.59 Å². The van der Waals surface area contributed by atoms with Gasteiger partial charge in [-0.1, -0.05) is 60.7 Å². The second-order valence-electron chi connectivity index (χ2n) is 7.95. The Kier molecular flexibility index (Phi) is 6.12. The highest BCUT2D eigenvalue weighted by Gasteiger charge is 2.31. The number of rotatable bonds is 4. The fourth-order valence-electron chi connectivity index (χ4n) is 4.13. The summed E-state index contributed by atoms with van der Waals surface area (Å²) in [6, 6.07) is 23.9. The Hall–Kier alpha value is -3.47. The Morgan fingerprint density at radius 3 is 2.48 bits per heavy atom. The third-order valence-corrected chi connectivity index (χ3v) is 5.80. The van der Waals surface area contributed by atoms with Crippen LogP contribution in [0.15, 0.2) is 78.9 Å². The van der Waals surface area contributed by atoms with Crippen molar-refractivity contribution in [2.24, 2.45) is 5.92 Å². The van der Waals surface area contributed by atoms with Crippen LogP contribution in [0, 0.1) is 11.7 Å². The highest BCUT2D eigenvalue weighted by molar-refractivity contribution is 5.95. The van der Waals surface area contributed by atoms with E-state index < -0.39 is 5.82 Å². The Bertz CT molecular complexity index is 1080. The molecule has 1 aliphatic rings. The van der Waals surface area contributed by atoms with Gasteiger partial charge >= 0.3 is 0 Å². The molecule has 5 heteroatoms. The zero-order chi connectivity index (χ0) is 21.8. The van der Waals surface area contributed by atoms with E-state index in [9.17, 15) is 14.0 Å². The van der Waals surface area contributed by atoms with Crippen LogP contribution in [0.4, 0.5) is 4.39 Å². The van der Waals surface area contributed by atoms with E-state index in [4.69, 9.17) is 0 Å². The van der Waals surface area contributed by atoms with Crippen LogP contribution in [-0.2, 0) is 11.2 Å². The molecule has 0 unspecified atom stereocenters. The SMILES string of the molecule is CN1CCN(C(=O)c2cccc(F)c2)C[C@H](Cc2ccccc2-c2ccccc2)C1=O. The topological polar surface area (TPSA) is 40.6 Å². The monoisotopic (exact) mass is 416 g/mol. The van der Waals surface area contributed by atoms with Crippen LogP contribution in [0.25, 0.3) is 11.1 Å². The molecule has 4 rings (SSSR count). The van der Waals surface area contributed by atoms with Crippen LogP contribution in [0.1, 0.15) is 15.9 Å². The van der Waals surface area contributed by atoms with Crippen molar-refractivity contribution in [3.8, 4) is 11.1 Å². The van der Waals surface area contributed by atoms with Crippen LogP contribution in [0.5, 0.6) is 0 Å². The summed E-state index contributed by atoms with van der Waals surface area (Å²) < 4.78 is 13.6. The van der Waals surface area contributed by atoms with E-state index in [0.717, 1.165) is 16.7 Å². The second-order valence-corrected chi connectivity index (χ2v) is 7.95. The van der Waals surface area contributed by atoms with Crippen LogP contribution in [0.2, 0.25) is 0 Å². The minimum absolute atomic E-state index is 0.0254. The lowest BCUT2D eigenvalue weighted by molar-refractivity contribution is -0.133. The molecule has 1 aliphatic heterocycles. The van der Waals surface area contributed by atoms with Crippen molar-refractivity contribution in [1.29, 1.82) is 0 Å². The Labute approximate surface area is 181 Å². The first kappa shape index (κ1) is 20.8. The van der Waals surface area contributed by atoms with Crippen molar-refractivity contribution in [3.63, 3.8) is 0 Å². The third kappa shape index (κ3) is 4.66. The van der Waals surface area contributed by atoms with Gasteiger partial charge in [0.25, 0.3) is 5.91 Å². The van der Waals surface area contributed by atoms with E-state index in [-0.39, 0.29) is 17.7 Å². The summed E-state index contributed by atoms with van der Waals surface area (Å²) in [6.07, 6.45) is 0.529. The average Bonchev–Trinajstić information content (AvgIpc) is 2.93. The highest BCUT2D eigenvalue weighted by atomic mass is 19.1. The van der Waals surface area contributed by atoms with E-state index in [0.29, 0.717) is 31.6 Å². The predicted octanol–water partition coefficient (Wildman–Crippen LogP) is 4.27. The summed E-state index contributed by atoms with van der Waals surface area (Å²) >= 11 is 0. The first-order valence-electron chi connectivity index (χ1n) is 10.5. The zero-order valence-electron chi connectivity index (χ0n) is 17.5. The zero-order valence-corrected chi connectivity index (χ0v) is 17.5. The molecule has 1 atom stereocenters. The number of nitrogens with zero attached hydrogens (tertiary/aromatic N) is 2. The maximum Gasteiger partial charge on any atom is 0.254 e. The van der Waals surface area contributed by atoms with Gasteiger partial charge < -0.3 is 9.80 Å². The molecule has 0 aromatic heterocycles. The summed E-state index contributed by atoms with van der Waals surface area (Å²) in [6.45, 7) is 1.19.